The van der Waals surface area contributed by atoms with Gasteiger partial charge < -0.3 is 10.6 Å². The van der Waals surface area contributed by atoms with E-state index in [2.05, 4.69) is 16.9 Å². The van der Waals surface area contributed by atoms with Crippen LogP contribution in [0.5, 0.6) is 0 Å². The van der Waals surface area contributed by atoms with Gasteiger partial charge in [-0.05, 0) is 20.3 Å². The molecule has 4 heteroatoms. The summed E-state index contributed by atoms with van der Waals surface area (Å²) in [5.74, 6) is 2.17. The van der Waals surface area contributed by atoms with E-state index in [0.717, 1.165) is 17.8 Å². The molecule has 2 N–H and O–H groups in total. The van der Waals surface area contributed by atoms with E-state index < -0.39 is 0 Å². The first-order valence-electron chi connectivity index (χ1n) is 5.08. The Bertz CT molecular complexity index is 371. The van der Waals surface area contributed by atoms with Gasteiger partial charge in [0.25, 0.3) is 0 Å². The Morgan fingerprint density at radius 3 is 2.60 bits per heavy atom. The maximum absolute atomic E-state index is 5.86. The van der Waals surface area contributed by atoms with Crippen molar-refractivity contribution in [3.8, 4) is 0 Å². The highest BCUT2D eigenvalue weighted by Crippen LogP contribution is 2.22. The van der Waals surface area contributed by atoms with E-state index in [9.17, 15) is 0 Å². The van der Waals surface area contributed by atoms with Crippen molar-refractivity contribution in [3.63, 3.8) is 0 Å². The van der Waals surface area contributed by atoms with Gasteiger partial charge in [-0.2, -0.15) is 0 Å². The van der Waals surface area contributed by atoms with Crippen molar-refractivity contribution in [2.75, 3.05) is 17.7 Å². The molecule has 4 nitrogen and oxygen atoms in total. The lowest BCUT2D eigenvalue weighted by Crippen LogP contribution is -2.15. The second-order valence-electron chi connectivity index (χ2n) is 3.41. The van der Waals surface area contributed by atoms with Crippen molar-refractivity contribution in [1.29, 1.82) is 0 Å². The molecule has 0 radical (unpaired) electrons. The summed E-state index contributed by atoms with van der Waals surface area (Å²) < 4.78 is 0. The summed E-state index contributed by atoms with van der Waals surface area (Å²) in [6.45, 7) is 5.87. The number of aromatic nitrogens is 2. The highest BCUT2D eigenvalue weighted by molar-refractivity contribution is 5.58. The van der Waals surface area contributed by atoms with Crippen molar-refractivity contribution >= 4 is 11.6 Å². The Balaban J connectivity index is 3.25. The van der Waals surface area contributed by atoms with Crippen LogP contribution in [0.1, 0.15) is 25.2 Å². The Morgan fingerprint density at radius 2 is 2.07 bits per heavy atom. The normalized spacial score (nSPS) is 10.9. The van der Waals surface area contributed by atoms with Gasteiger partial charge in [0.1, 0.15) is 17.5 Å². The molecule has 0 amide bonds. The van der Waals surface area contributed by atoms with Gasteiger partial charge in [-0.15, -0.1) is 0 Å². The molecule has 0 bridgehead atoms. The summed E-state index contributed by atoms with van der Waals surface area (Å²) in [7, 11) is 1.96. The zero-order valence-corrected chi connectivity index (χ0v) is 9.78. The molecule has 0 aliphatic rings. The Labute approximate surface area is 90.8 Å². The number of aryl methyl sites for hydroxylation is 1. The fourth-order valence-electron chi connectivity index (χ4n) is 1.53. The number of nitrogens with two attached hydrogens (primary N) is 1. The molecule has 82 valence electrons. The van der Waals surface area contributed by atoms with Crippen molar-refractivity contribution in [2.24, 2.45) is 0 Å². The van der Waals surface area contributed by atoms with Gasteiger partial charge in [-0.25, -0.2) is 9.97 Å². The third kappa shape index (κ3) is 2.46. The van der Waals surface area contributed by atoms with Crippen LogP contribution >= 0.6 is 0 Å². The van der Waals surface area contributed by atoms with E-state index in [1.165, 1.54) is 0 Å². The molecule has 0 saturated heterocycles. The molecule has 1 aromatic heterocycles. The van der Waals surface area contributed by atoms with Crippen molar-refractivity contribution in [3.05, 3.63) is 23.7 Å². The van der Waals surface area contributed by atoms with Gasteiger partial charge in [-0.1, -0.05) is 13.0 Å². The smallest absolute Gasteiger partial charge is 0.141 e. The van der Waals surface area contributed by atoms with Gasteiger partial charge in [0.2, 0.25) is 0 Å². The largest absolute Gasteiger partial charge is 0.383 e. The van der Waals surface area contributed by atoms with E-state index >= 15 is 0 Å². The minimum Gasteiger partial charge on any atom is -0.383 e. The topological polar surface area (TPSA) is 55.0 Å². The molecule has 1 rings (SSSR count). The number of anilines is 2. The van der Waals surface area contributed by atoms with Crippen LogP contribution in [0.15, 0.2) is 12.3 Å². The van der Waals surface area contributed by atoms with Gasteiger partial charge in [-0.3, -0.25) is 0 Å². The van der Waals surface area contributed by atoms with Crippen LogP contribution in [-0.2, 0) is 6.42 Å². The van der Waals surface area contributed by atoms with Crippen LogP contribution in [0.4, 0.5) is 11.6 Å². The van der Waals surface area contributed by atoms with Gasteiger partial charge in [0.15, 0.2) is 0 Å². The fraction of sp³-hybridized carbons (Fsp3) is 0.455. The molecule has 0 saturated carbocycles. The Morgan fingerprint density at radius 1 is 1.40 bits per heavy atom. The Kier molecular flexibility index (Phi) is 3.66. The first-order chi connectivity index (χ1) is 7.10. The summed E-state index contributed by atoms with van der Waals surface area (Å²) in [4.78, 5) is 10.5. The minimum absolute atomic E-state index is 0.580. The van der Waals surface area contributed by atoms with Crippen LogP contribution in [0.3, 0.4) is 0 Å². The van der Waals surface area contributed by atoms with E-state index in [-0.39, 0.29) is 0 Å². The van der Waals surface area contributed by atoms with Crippen LogP contribution < -0.4 is 10.6 Å². The highest BCUT2D eigenvalue weighted by atomic mass is 15.2. The van der Waals surface area contributed by atoms with Gasteiger partial charge in [0, 0.05) is 18.8 Å². The summed E-state index contributed by atoms with van der Waals surface area (Å²) >= 11 is 0. The number of nitrogens with zero attached hydrogens (tertiary/aromatic N) is 3. The second kappa shape index (κ2) is 4.77. The average Bonchev–Trinajstić information content (AvgIpc) is 2.17. The predicted octanol–water partition coefficient (Wildman–Crippen LogP) is 1.90. The Hall–Kier alpha value is -1.58. The number of allylic oxidation sites excluding steroid dienone is 1. The summed E-state index contributed by atoms with van der Waals surface area (Å²) in [5.41, 5.74) is 6.87. The van der Waals surface area contributed by atoms with E-state index in [1.807, 2.05) is 38.1 Å². The lowest BCUT2D eigenvalue weighted by Gasteiger charge is -2.18. The summed E-state index contributed by atoms with van der Waals surface area (Å²) in [5, 5.41) is 0. The fourth-order valence-corrected chi connectivity index (χ4v) is 1.53. The zero-order valence-electron chi connectivity index (χ0n) is 9.78. The standard InChI is InChI=1S/C11H18N4/c1-5-7-15(4)11-9(6-2)10(12)13-8(3)14-11/h5,7H,6H2,1-4H3,(H2,12,13,14)/b7-5+. The van der Waals surface area contributed by atoms with E-state index in [0.29, 0.717) is 11.6 Å². The summed E-state index contributed by atoms with van der Waals surface area (Å²) in [6.07, 6.45) is 4.76. The number of nitrogen functional groups attached to an aromatic ring is 1. The molecule has 0 fully saturated rings. The number of hydrogen-bond acceptors (Lipinski definition) is 4. The van der Waals surface area contributed by atoms with Crippen molar-refractivity contribution in [2.45, 2.75) is 27.2 Å². The molecule has 0 atom stereocenters. The van der Waals surface area contributed by atoms with Crippen LogP contribution in [0, 0.1) is 6.92 Å². The first kappa shape index (κ1) is 11.5. The molecule has 15 heavy (non-hydrogen) atoms. The molecule has 0 aliphatic heterocycles. The molecule has 1 aromatic rings. The molecule has 0 spiro atoms. The monoisotopic (exact) mass is 206 g/mol. The van der Waals surface area contributed by atoms with Gasteiger partial charge >= 0.3 is 0 Å². The van der Waals surface area contributed by atoms with E-state index in [4.69, 9.17) is 5.73 Å². The van der Waals surface area contributed by atoms with Crippen LogP contribution in [0.2, 0.25) is 0 Å². The maximum Gasteiger partial charge on any atom is 0.141 e. The van der Waals surface area contributed by atoms with Gasteiger partial charge in [0.05, 0.1) is 0 Å². The molecule has 1 heterocycles. The van der Waals surface area contributed by atoms with Crippen LogP contribution in [0.25, 0.3) is 0 Å². The lowest BCUT2D eigenvalue weighted by atomic mass is 10.2. The zero-order chi connectivity index (χ0) is 11.4. The number of hydrogen-bond donors (Lipinski definition) is 1. The maximum atomic E-state index is 5.86. The lowest BCUT2D eigenvalue weighted by molar-refractivity contribution is 0.963. The number of rotatable bonds is 3. The van der Waals surface area contributed by atoms with Crippen LogP contribution in [-0.4, -0.2) is 17.0 Å². The third-order valence-electron chi connectivity index (χ3n) is 2.19. The second-order valence-corrected chi connectivity index (χ2v) is 3.41. The van der Waals surface area contributed by atoms with Crippen molar-refractivity contribution < 1.29 is 0 Å². The minimum atomic E-state index is 0.580. The molecule has 0 aliphatic carbocycles. The highest BCUT2D eigenvalue weighted by Gasteiger charge is 2.11. The first-order valence-corrected chi connectivity index (χ1v) is 5.08. The predicted molar refractivity (Wildman–Crippen MR) is 63.8 cm³/mol. The SMILES string of the molecule is C/C=C/N(C)c1nc(C)nc(N)c1CC. The molecular weight excluding hydrogens is 188 g/mol. The average molecular weight is 206 g/mol. The molecule has 0 aromatic carbocycles. The van der Waals surface area contributed by atoms with E-state index in [1.54, 1.807) is 0 Å². The third-order valence-corrected chi connectivity index (χ3v) is 2.19. The summed E-state index contributed by atoms with van der Waals surface area (Å²) in [6, 6.07) is 0. The molecule has 0 unspecified atom stereocenters. The quantitative estimate of drug-likeness (QED) is 0.820. The van der Waals surface area contributed by atoms with Crippen molar-refractivity contribution in [1.82, 2.24) is 9.97 Å². The molecular formula is C11H18N4.